The molecular formula is C17H15FN2O2. The lowest BCUT2D eigenvalue weighted by atomic mass is 10.1. The number of hydrogen-bond acceptors (Lipinski definition) is 4. The van der Waals surface area contributed by atoms with Crippen LogP contribution < -0.4 is 9.47 Å². The molecule has 0 N–H and O–H groups in total. The van der Waals surface area contributed by atoms with Crippen LogP contribution >= 0.6 is 0 Å². The highest BCUT2D eigenvalue weighted by Gasteiger charge is 2.08. The molecule has 22 heavy (non-hydrogen) atoms. The van der Waals surface area contributed by atoms with E-state index >= 15 is 0 Å². The molecule has 5 heteroatoms. The molecule has 2 aromatic carbocycles. The average molecular weight is 298 g/mol. The first-order valence-electron chi connectivity index (χ1n) is 6.93. The highest BCUT2D eigenvalue weighted by molar-refractivity contribution is 5.83. The predicted molar refractivity (Wildman–Crippen MR) is 81.7 cm³/mol. The lowest BCUT2D eigenvalue weighted by Gasteiger charge is -2.08. The Morgan fingerprint density at radius 2 is 1.86 bits per heavy atom. The highest BCUT2D eigenvalue weighted by Crippen LogP contribution is 2.23. The first-order chi connectivity index (χ1) is 10.8. The maximum Gasteiger partial charge on any atom is 0.224 e. The van der Waals surface area contributed by atoms with Crippen molar-refractivity contribution in [3.05, 3.63) is 60.2 Å². The molecule has 0 spiro atoms. The third-order valence-electron chi connectivity index (χ3n) is 3.37. The Hall–Kier alpha value is -2.69. The van der Waals surface area contributed by atoms with Gasteiger partial charge in [0.25, 0.3) is 0 Å². The summed E-state index contributed by atoms with van der Waals surface area (Å²) in [5, 5.41) is 0.581. The summed E-state index contributed by atoms with van der Waals surface area (Å²) < 4.78 is 24.5. The van der Waals surface area contributed by atoms with E-state index in [-0.39, 0.29) is 11.3 Å². The summed E-state index contributed by atoms with van der Waals surface area (Å²) in [5.41, 5.74) is 1.40. The Morgan fingerprint density at radius 3 is 2.64 bits per heavy atom. The van der Waals surface area contributed by atoms with E-state index in [1.165, 1.54) is 12.4 Å². The second-order valence-electron chi connectivity index (χ2n) is 4.76. The van der Waals surface area contributed by atoms with Gasteiger partial charge in [-0.1, -0.05) is 18.2 Å². The van der Waals surface area contributed by atoms with Gasteiger partial charge in [0.2, 0.25) is 5.88 Å². The first-order valence-corrected chi connectivity index (χ1v) is 6.93. The number of para-hydroxylation sites is 1. The van der Waals surface area contributed by atoms with E-state index in [1.54, 1.807) is 19.2 Å². The van der Waals surface area contributed by atoms with Gasteiger partial charge in [-0.15, -0.1) is 0 Å². The molecule has 4 nitrogen and oxygen atoms in total. The standard InChI is InChI=1S/C17H15FN2O2/c1-21-13-7-5-12(6-8-13)9-10-22-17-14-3-2-4-15(18)16(14)19-11-20-17/h2-8,11H,9-10H2,1H3. The van der Waals surface area contributed by atoms with Crippen LogP contribution in [0.3, 0.4) is 0 Å². The summed E-state index contributed by atoms with van der Waals surface area (Å²) in [6.07, 6.45) is 2.04. The van der Waals surface area contributed by atoms with Crippen molar-refractivity contribution in [3.63, 3.8) is 0 Å². The number of ether oxygens (including phenoxy) is 2. The summed E-state index contributed by atoms with van der Waals surface area (Å²) in [4.78, 5) is 8.03. The maximum absolute atomic E-state index is 13.7. The number of hydrogen-bond donors (Lipinski definition) is 0. The minimum Gasteiger partial charge on any atom is -0.497 e. The number of rotatable bonds is 5. The van der Waals surface area contributed by atoms with Gasteiger partial charge >= 0.3 is 0 Å². The summed E-state index contributed by atoms with van der Waals surface area (Å²) in [7, 11) is 1.64. The van der Waals surface area contributed by atoms with E-state index in [1.807, 2.05) is 24.3 Å². The van der Waals surface area contributed by atoms with Gasteiger partial charge < -0.3 is 9.47 Å². The largest absolute Gasteiger partial charge is 0.497 e. The third kappa shape index (κ3) is 2.98. The Labute approximate surface area is 127 Å². The molecule has 3 rings (SSSR count). The van der Waals surface area contributed by atoms with Crippen molar-refractivity contribution in [2.75, 3.05) is 13.7 Å². The molecule has 0 radical (unpaired) electrons. The van der Waals surface area contributed by atoms with E-state index in [2.05, 4.69) is 9.97 Å². The molecule has 0 aliphatic rings. The van der Waals surface area contributed by atoms with Crippen LogP contribution in [-0.4, -0.2) is 23.7 Å². The van der Waals surface area contributed by atoms with Crippen LogP contribution in [0.4, 0.5) is 4.39 Å². The van der Waals surface area contributed by atoms with Crippen molar-refractivity contribution in [1.82, 2.24) is 9.97 Å². The Morgan fingerprint density at radius 1 is 1.05 bits per heavy atom. The van der Waals surface area contributed by atoms with Gasteiger partial charge in [-0.3, -0.25) is 0 Å². The van der Waals surface area contributed by atoms with Crippen LogP contribution in [0.1, 0.15) is 5.56 Å². The van der Waals surface area contributed by atoms with Gasteiger partial charge in [0, 0.05) is 6.42 Å². The smallest absolute Gasteiger partial charge is 0.224 e. The van der Waals surface area contributed by atoms with Gasteiger partial charge in [0.05, 0.1) is 19.1 Å². The van der Waals surface area contributed by atoms with E-state index in [4.69, 9.17) is 9.47 Å². The first kappa shape index (κ1) is 14.3. The molecule has 112 valence electrons. The second-order valence-corrected chi connectivity index (χ2v) is 4.76. The molecule has 0 aliphatic heterocycles. The van der Waals surface area contributed by atoms with E-state index in [0.29, 0.717) is 17.9 Å². The van der Waals surface area contributed by atoms with Crippen molar-refractivity contribution in [2.45, 2.75) is 6.42 Å². The number of benzene rings is 2. The number of methoxy groups -OCH3 is 1. The zero-order valence-electron chi connectivity index (χ0n) is 12.1. The van der Waals surface area contributed by atoms with Crippen molar-refractivity contribution in [3.8, 4) is 11.6 Å². The fraction of sp³-hybridized carbons (Fsp3) is 0.176. The number of aromatic nitrogens is 2. The molecule has 0 saturated carbocycles. The number of halogens is 1. The quantitative estimate of drug-likeness (QED) is 0.724. The van der Waals surface area contributed by atoms with Crippen molar-refractivity contribution in [2.24, 2.45) is 0 Å². The summed E-state index contributed by atoms with van der Waals surface area (Å²) >= 11 is 0. The van der Waals surface area contributed by atoms with Crippen LogP contribution in [0.25, 0.3) is 10.9 Å². The molecule has 0 amide bonds. The average Bonchev–Trinajstić information content (AvgIpc) is 2.56. The minimum absolute atomic E-state index is 0.275. The SMILES string of the molecule is COc1ccc(CCOc2ncnc3c(F)cccc23)cc1. The van der Waals surface area contributed by atoms with Crippen LogP contribution in [0.2, 0.25) is 0 Å². The second kappa shape index (κ2) is 6.39. The molecule has 0 saturated heterocycles. The monoisotopic (exact) mass is 298 g/mol. The molecule has 1 aromatic heterocycles. The summed E-state index contributed by atoms with van der Waals surface area (Å²) in [6, 6.07) is 12.5. The zero-order valence-corrected chi connectivity index (χ0v) is 12.1. The topological polar surface area (TPSA) is 44.2 Å². The third-order valence-corrected chi connectivity index (χ3v) is 3.37. The molecule has 0 bridgehead atoms. The lowest BCUT2D eigenvalue weighted by molar-refractivity contribution is 0.313. The summed E-state index contributed by atoms with van der Waals surface area (Å²) in [6.45, 7) is 0.453. The molecule has 0 fully saturated rings. The molecule has 3 aromatic rings. The normalized spacial score (nSPS) is 10.6. The molecule has 0 aliphatic carbocycles. The van der Waals surface area contributed by atoms with Crippen molar-refractivity contribution in [1.29, 1.82) is 0 Å². The van der Waals surface area contributed by atoms with E-state index < -0.39 is 0 Å². The number of fused-ring (bicyclic) bond motifs is 1. The Kier molecular flexibility index (Phi) is 4.14. The van der Waals surface area contributed by atoms with Gasteiger partial charge in [-0.25, -0.2) is 14.4 Å². The zero-order chi connectivity index (χ0) is 15.4. The fourth-order valence-corrected chi connectivity index (χ4v) is 2.20. The van der Waals surface area contributed by atoms with Gasteiger partial charge in [-0.2, -0.15) is 0 Å². The predicted octanol–water partition coefficient (Wildman–Crippen LogP) is 3.40. The van der Waals surface area contributed by atoms with Crippen LogP contribution in [0.15, 0.2) is 48.8 Å². The maximum atomic E-state index is 13.7. The van der Waals surface area contributed by atoms with Gasteiger partial charge in [-0.05, 0) is 29.8 Å². The highest BCUT2D eigenvalue weighted by atomic mass is 19.1. The van der Waals surface area contributed by atoms with Crippen molar-refractivity contribution >= 4 is 10.9 Å². The molecule has 1 heterocycles. The van der Waals surface area contributed by atoms with Crippen LogP contribution in [0, 0.1) is 5.82 Å². The van der Waals surface area contributed by atoms with E-state index in [9.17, 15) is 4.39 Å². The molecule has 0 atom stereocenters. The fourth-order valence-electron chi connectivity index (χ4n) is 2.20. The molecule has 0 unspecified atom stereocenters. The number of nitrogens with zero attached hydrogens (tertiary/aromatic N) is 2. The van der Waals surface area contributed by atoms with Crippen LogP contribution in [-0.2, 0) is 6.42 Å². The minimum atomic E-state index is -0.375. The van der Waals surface area contributed by atoms with Gasteiger partial charge in [0.15, 0.2) is 0 Å². The van der Waals surface area contributed by atoms with E-state index in [0.717, 1.165) is 17.7 Å². The van der Waals surface area contributed by atoms with Gasteiger partial charge in [0.1, 0.15) is 23.4 Å². The Balaban J connectivity index is 1.70. The van der Waals surface area contributed by atoms with Crippen LogP contribution in [0.5, 0.6) is 11.6 Å². The van der Waals surface area contributed by atoms with Crippen molar-refractivity contribution < 1.29 is 13.9 Å². The lowest BCUT2D eigenvalue weighted by Crippen LogP contribution is -2.04. The summed E-state index contributed by atoms with van der Waals surface area (Å²) in [5.74, 6) is 0.847. The Bertz CT molecular complexity index is 775. The molecular weight excluding hydrogens is 283 g/mol.